The number of rotatable bonds is 3. The summed E-state index contributed by atoms with van der Waals surface area (Å²) in [5, 5.41) is 12.2. The lowest BCUT2D eigenvalue weighted by atomic mass is 10.1. The SMILES string of the molecule is O=C(O)/C=C/c1cnoc1-c1ccccc1. The van der Waals surface area contributed by atoms with Crippen LogP contribution in [0.4, 0.5) is 0 Å². The van der Waals surface area contributed by atoms with E-state index in [9.17, 15) is 4.79 Å². The summed E-state index contributed by atoms with van der Waals surface area (Å²) in [7, 11) is 0. The third kappa shape index (κ3) is 2.17. The van der Waals surface area contributed by atoms with Crippen LogP contribution >= 0.6 is 0 Å². The lowest BCUT2D eigenvalue weighted by Gasteiger charge is -1.95. The standard InChI is InChI=1S/C12H9NO3/c14-11(15)7-6-10-8-13-16-12(10)9-4-2-1-3-5-9/h1-8H,(H,14,15)/b7-6+. The van der Waals surface area contributed by atoms with Gasteiger partial charge in [-0.2, -0.15) is 0 Å². The minimum atomic E-state index is -1.000. The van der Waals surface area contributed by atoms with Crippen LogP contribution in [0.1, 0.15) is 5.56 Å². The molecular weight excluding hydrogens is 206 g/mol. The summed E-state index contributed by atoms with van der Waals surface area (Å²) in [4.78, 5) is 10.4. The molecule has 4 nitrogen and oxygen atoms in total. The summed E-state index contributed by atoms with van der Waals surface area (Å²) < 4.78 is 5.09. The maximum Gasteiger partial charge on any atom is 0.328 e. The fraction of sp³-hybridized carbons (Fsp3) is 0. The first-order valence-electron chi connectivity index (χ1n) is 4.68. The number of carboxylic acid groups (broad SMARTS) is 1. The van der Waals surface area contributed by atoms with Gasteiger partial charge in [-0.25, -0.2) is 4.79 Å². The fourth-order valence-electron chi connectivity index (χ4n) is 1.34. The van der Waals surface area contributed by atoms with Gasteiger partial charge in [-0.15, -0.1) is 0 Å². The summed E-state index contributed by atoms with van der Waals surface area (Å²) in [6, 6.07) is 9.40. The van der Waals surface area contributed by atoms with Crippen LogP contribution in [0.3, 0.4) is 0 Å². The van der Waals surface area contributed by atoms with Gasteiger partial charge in [0.1, 0.15) is 0 Å². The summed E-state index contributed by atoms with van der Waals surface area (Å²) >= 11 is 0. The van der Waals surface area contributed by atoms with Crippen molar-refractivity contribution in [3.05, 3.63) is 48.2 Å². The quantitative estimate of drug-likeness (QED) is 0.798. The van der Waals surface area contributed by atoms with Crippen LogP contribution < -0.4 is 0 Å². The van der Waals surface area contributed by atoms with Gasteiger partial charge in [-0.1, -0.05) is 35.5 Å². The number of hydrogen-bond donors (Lipinski definition) is 1. The molecule has 0 radical (unpaired) electrons. The lowest BCUT2D eigenvalue weighted by molar-refractivity contribution is -0.131. The largest absolute Gasteiger partial charge is 0.478 e. The normalized spacial score (nSPS) is 10.8. The third-order valence-electron chi connectivity index (χ3n) is 2.04. The van der Waals surface area contributed by atoms with Gasteiger partial charge in [0.25, 0.3) is 0 Å². The zero-order valence-corrected chi connectivity index (χ0v) is 8.33. The second-order valence-corrected chi connectivity index (χ2v) is 3.15. The Kier molecular flexibility index (Phi) is 2.82. The van der Waals surface area contributed by atoms with Crippen molar-refractivity contribution in [2.75, 3.05) is 0 Å². The lowest BCUT2D eigenvalue weighted by Crippen LogP contribution is -1.85. The van der Waals surface area contributed by atoms with Gasteiger partial charge in [-0.05, 0) is 6.08 Å². The zero-order valence-electron chi connectivity index (χ0n) is 8.33. The molecule has 0 aliphatic heterocycles. The highest BCUT2D eigenvalue weighted by molar-refractivity contribution is 5.86. The number of aromatic nitrogens is 1. The van der Waals surface area contributed by atoms with Crippen molar-refractivity contribution in [1.29, 1.82) is 0 Å². The van der Waals surface area contributed by atoms with Gasteiger partial charge in [0.15, 0.2) is 5.76 Å². The van der Waals surface area contributed by atoms with E-state index in [4.69, 9.17) is 9.63 Å². The van der Waals surface area contributed by atoms with Gasteiger partial charge >= 0.3 is 5.97 Å². The molecule has 0 fully saturated rings. The first kappa shape index (κ1) is 10.2. The van der Waals surface area contributed by atoms with Crippen molar-refractivity contribution in [3.8, 4) is 11.3 Å². The van der Waals surface area contributed by atoms with Crippen LogP contribution in [0.15, 0.2) is 47.1 Å². The van der Waals surface area contributed by atoms with Crippen molar-refractivity contribution >= 4 is 12.0 Å². The summed E-state index contributed by atoms with van der Waals surface area (Å²) in [5.41, 5.74) is 1.51. The molecule has 1 N–H and O–H groups in total. The van der Waals surface area contributed by atoms with Gasteiger partial charge < -0.3 is 9.63 Å². The molecule has 0 saturated heterocycles. The predicted octanol–water partition coefficient (Wildman–Crippen LogP) is 2.44. The number of carbonyl (C=O) groups is 1. The molecule has 4 heteroatoms. The van der Waals surface area contributed by atoms with Crippen molar-refractivity contribution < 1.29 is 14.4 Å². The second kappa shape index (κ2) is 4.44. The number of aliphatic carboxylic acids is 1. The number of benzene rings is 1. The molecule has 1 aromatic carbocycles. The Balaban J connectivity index is 2.37. The van der Waals surface area contributed by atoms with Gasteiger partial charge in [0.05, 0.1) is 6.20 Å². The van der Waals surface area contributed by atoms with Crippen LogP contribution in [0, 0.1) is 0 Å². The van der Waals surface area contributed by atoms with Crippen molar-refractivity contribution in [2.24, 2.45) is 0 Å². The molecule has 0 bridgehead atoms. The van der Waals surface area contributed by atoms with E-state index in [-0.39, 0.29) is 0 Å². The Bertz CT molecular complexity index is 514. The molecule has 2 rings (SSSR count). The fourth-order valence-corrected chi connectivity index (χ4v) is 1.34. The van der Waals surface area contributed by atoms with Crippen LogP contribution in [0.2, 0.25) is 0 Å². The van der Waals surface area contributed by atoms with Gasteiger partial charge in [0, 0.05) is 17.2 Å². The van der Waals surface area contributed by atoms with E-state index >= 15 is 0 Å². The average molecular weight is 215 g/mol. The van der Waals surface area contributed by atoms with Crippen molar-refractivity contribution in [3.63, 3.8) is 0 Å². The van der Waals surface area contributed by atoms with E-state index in [2.05, 4.69) is 5.16 Å². The Labute approximate surface area is 91.8 Å². The van der Waals surface area contributed by atoms with E-state index in [1.807, 2.05) is 30.3 Å². The minimum absolute atomic E-state index is 0.568. The zero-order chi connectivity index (χ0) is 11.4. The topological polar surface area (TPSA) is 63.3 Å². The maximum atomic E-state index is 10.4. The van der Waals surface area contributed by atoms with E-state index in [1.165, 1.54) is 12.3 Å². The first-order valence-corrected chi connectivity index (χ1v) is 4.68. The van der Waals surface area contributed by atoms with Crippen LogP contribution in [0.5, 0.6) is 0 Å². The van der Waals surface area contributed by atoms with E-state index in [1.54, 1.807) is 0 Å². The van der Waals surface area contributed by atoms with Crippen LogP contribution in [-0.4, -0.2) is 16.2 Å². The van der Waals surface area contributed by atoms with Crippen molar-refractivity contribution in [2.45, 2.75) is 0 Å². The molecule has 0 spiro atoms. The highest BCUT2D eigenvalue weighted by Gasteiger charge is 2.07. The number of nitrogens with zero attached hydrogens (tertiary/aromatic N) is 1. The monoisotopic (exact) mass is 215 g/mol. The van der Waals surface area contributed by atoms with E-state index < -0.39 is 5.97 Å². The summed E-state index contributed by atoms with van der Waals surface area (Å²) in [6.07, 6.45) is 4.00. The van der Waals surface area contributed by atoms with Gasteiger partial charge in [0.2, 0.25) is 0 Å². The second-order valence-electron chi connectivity index (χ2n) is 3.15. The Morgan fingerprint density at radius 3 is 2.75 bits per heavy atom. The third-order valence-corrected chi connectivity index (χ3v) is 2.04. The maximum absolute atomic E-state index is 10.4. The molecule has 0 amide bonds. The van der Waals surface area contributed by atoms with Gasteiger partial charge in [-0.3, -0.25) is 0 Å². The molecular formula is C12H9NO3. The first-order chi connectivity index (χ1) is 7.77. The molecule has 1 aromatic heterocycles. The number of carboxylic acids is 1. The molecule has 0 aliphatic rings. The Hall–Kier alpha value is -2.36. The molecule has 0 unspecified atom stereocenters. The van der Waals surface area contributed by atoms with Crippen molar-refractivity contribution in [1.82, 2.24) is 5.16 Å². The molecule has 0 aliphatic carbocycles. The highest BCUT2D eigenvalue weighted by atomic mass is 16.5. The summed E-state index contributed by atoms with van der Waals surface area (Å²) in [5.74, 6) is -0.432. The molecule has 0 atom stereocenters. The summed E-state index contributed by atoms with van der Waals surface area (Å²) in [6.45, 7) is 0. The van der Waals surface area contributed by atoms with Crippen LogP contribution in [-0.2, 0) is 4.79 Å². The minimum Gasteiger partial charge on any atom is -0.478 e. The van der Waals surface area contributed by atoms with Crippen LogP contribution in [0.25, 0.3) is 17.4 Å². The van der Waals surface area contributed by atoms with E-state index in [0.717, 1.165) is 11.6 Å². The predicted molar refractivity (Wildman–Crippen MR) is 58.6 cm³/mol. The highest BCUT2D eigenvalue weighted by Crippen LogP contribution is 2.23. The smallest absolute Gasteiger partial charge is 0.328 e. The Morgan fingerprint density at radius 2 is 2.06 bits per heavy atom. The molecule has 16 heavy (non-hydrogen) atoms. The molecule has 0 saturated carbocycles. The number of hydrogen-bond acceptors (Lipinski definition) is 3. The van der Waals surface area contributed by atoms with E-state index in [0.29, 0.717) is 11.3 Å². The molecule has 2 aromatic rings. The molecule has 80 valence electrons. The average Bonchev–Trinajstić information content (AvgIpc) is 2.75. The Morgan fingerprint density at radius 1 is 1.31 bits per heavy atom. The molecule has 1 heterocycles.